The van der Waals surface area contributed by atoms with Gasteiger partial charge in [0.1, 0.15) is 0 Å². The van der Waals surface area contributed by atoms with Crippen molar-refractivity contribution < 1.29 is 0 Å². The highest BCUT2D eigenvalue weighted by atomic mass is 14.9. The maximum Gasteiger partial charge on any atom is 0.000792 e. The van der Waals surface area contributed by atoms with Gasteiger partial charge in [0, 0.05) is 6.54 Å². The summed E-state index contributed by atoms with van der Waals surface area (Å²) < 4.78 is 0. The maximum atomic E-state index is 3.73. The molecule has 0 aromatic carbocycles. The minimum absolute atomic E-state index is 0.536. The summed E-state index contributed by atoms with van der Waals surface area (Å²) in [6.45, 7) is 11.9. The lowest BCUT2D eigenvalue weighted by Gasteiger charge is -2.38. The van der Waals surface area contributed by atoms with Crippen molar-refractivity contribution in [1.29, 1.82) is 0 Å². The minimum atomic E-state index is 0.536. The quantitative estimate of drug-likeness (QED) is 0.629. The third-order valence-corrected chi connectivity index (χ3v) is 4.74. The number of hydrogen-bond acceptors (Lipinski definition) is 1. The molecule has 0 amide bonds. The molecule has 1 saturated carbocycles. The Morgan fingerprint density at radius 1 is 1.11 bits per heavy atom. The van der Waals surface area contributed by atoms with E-state index in [9.17, 15) is 0 Å². The Hall–Kier alpha value is -0.0400. The molecule has 1 fully saturated rings. The molecule has 1 aliphatic carbocycles. The first-order valence-corrected chi connectivity index (χ1v) is 8.29. The summed E-state index contributed by atoms with van der Waals surface area (Å²) in [5, 5.41) is 3.73. The first kappa shape index (κ1) is 16.0. The molecule has 0 heterocycles. The molecule has 0 saturated heterocycles. The molecule has 1 nitrogen and oxygen atoms in total. The Balaban J connectivity index is 2.53. The van der Waals surface area contributed by atoms with E-state index in [0.29, 0.717) is 5.41 Å². The van der Waals surface area contributed by atoms with Crippen molar-refractivity contribution in [2.45, 2.75) is 79.1 Å². The van der Waals surface area contributed by atoms with Crippen LogP contribution in [0.2, 0.25) is 0 Å². The van der Waals surface area contributed by atoms with E-state index in [0.717, 1.165) is 11.8 Å². The summed E-state index contributed by atoms with van der Waals surface area (Å²) in [5.74, 6) is 1.73. The number of rotatable bonds is 7. The molecular weight excluding hydrogens is 218 g/mol. The molecule has 1 unspecified atom stereocenters. The van der Waals surface area contributed by atoms with E-state index in [1.807, 2.05) is 0 Å². The van der Waals surface area contributed by atoms with E-state index in [2.05, 4.69) is 33.0 Å². The number of hydrogen-bond donors (Lipinski definition) is 1. The summed E-state index contributed by atoms with van der Waals surface area (Å²) in [4.78, 5) is 0. The minimum Gasteiger partial charge on any atom is -0.316 e. The monoisotopic (exact) mass is 253 g/mol. The Bertz CT molecular complexity index is 204. The zero-order chi connectivity index (χ0) is 13.4. The van der Waals surface area contributed by atoms with Crippen molar-refractivity contribution in [3.05, 3.63) is 0 Å². The normalized spacial score (nSPS) is 21.8. The molecule has 1 heteroatoms. The SMILES string of the molecule is CCCC(C)(CNCC(C)C)C1CCCCCC1. The lowest BCUT2D eigenvalue weighted by atomic mass is 9.70. The first-order chi connectivity index (χ1) is 8.58. The second kappa shape index (κ2) is 8.19. The standard InChI is InChI=1S/C17H35N/c1-5-12-17(4,14-18-13-15(2)3)16-10-8-6-7-9-11-16/h15-16,18H,5-14H2,1-4H3. The zero-order valence-corrected chi connectivity index (χ0v) is 13.2. The van der Waals surface area contributed by atoms with Crippen LogP contribution in [0, 0.1) is 17.3 Å². The van der Waals surface area contributed by atoms with Crippen molar-refractivity contribution in [2.75, 3.05) is 13.1 Å². The van der Waals surface area contributed by atoms with Crippen LogP contribution in [0.3, 0.4) is 0 Å². The molecule has 1 N–H and O–H groups in total. The van der Waals surface area contributed by atoms with E-state index in [4.69, 9.17) is 0 Å². The van der Waals surface area contributed by atoms with Crippen LogP contribution in [0.5, 0.6) is 0 Å². The second-order valence-corrected chi connectivity index (χ2v) is 7.12. The summed E-state index contributed by atoms with van der Waals surface area (Å²) in [6, 6.07) is 0. The van der Waals surface area contributed by atoms with E-state index >= 15 is 0 Å². The van der Waals surface area contributed by atoms with Crippen LogP contribution in [0.1, 0.15) is 79.1 Å². The molecule has 1 aliphatic rings. The van der Waals surface area contributed by atoms with Crippen LogP contribution in [-0.4, -0.2) is 13.1 Å². The van der Waals surface area contributed by atoms with Gasteiger partial charge in [0.05, 0.1) is 0 Å². The van der Waals surface area contributed by atoms with Gasteiger partial charge in [-0.3, -0.25) is 0 Å². The molecular formula is C17H35N. The summed E-state index contributed by atoms with van der Waals surface area (Å²) in [6.07, 6.45) is 11.5. The Morgan fingerprint density at radius 2 is 1.72 bits per heavy atom. The molecule has 0 bridgehead atoms. The Labute approximate surface area is 115 Å². The fourth-order valence-corrected chi connectivity index (χ4v) is 3.63. The molecule has 0 aromatic heterocycles. The van der Waals surface area contributed by atoms with Crippen molar-refractivity contribution in [3.63, 3.8) is 0 Å². The largest absolute Gasteiger partial charge is 0.316 e. The van der Waals surface area contributed by atoms with Crippen molar-refractivity contribution in [1.82, 2.24) is 5.32 Å². The lowest BCUT2D eigenvalue weighted by Crippen LogP contribution is -2.39. The van der Waals surface area contributed by atoms with E-state index in [-0.39, 0.29) is 0 Å². The average Bonchev–Trinajstić information content (AvgIpc) is 2.57. The van der Waals surface area contributed by atoms with E-state index in [1.165, 1.54) is 64.5 Å². The van der Waals surface area contributed by atoms with Gasteiger partial charge in [-0.2, -0.15) is 0 Å². The molecule has 0 aliphatic heterocycles. The predicted octanol–water partition coefficient (Wildman–Crippen LogP) is 5.01. The molecule has 1 rings (SSSR count). The number of nitrogens with one attached hydrogen (secondary N) is 1. The van der Waals surface area contributed by atoms with Gasteiger partial charge in [0.25, 0.3) is 0 Å². The zero-order valence-electron chi connectivity index (χ0n) is 13.2. The van der Waals surface area contributed by atoms with Crippen LogP contribution >= 0.6 is 0 Å². The molecule has 108 valence electrons. The first-order valence-electron chi connectivity index (χ1n) is 8.29. The van der Waals surface area contributed by atoms with Gasteiger partial charge in [-0.05, 0) is 43.1 Å². The highest BCUT2D eigenvalue weighted by Crippen LogP contribution is 2.40. The molecule has 0 spiro atoms. The van der Waals surface area contributed by atoms with Gasteiger partial charge in [-0.25, -0.2) is 0 Å². The molecule has 1 atom stereocenters. The Morgan fingerprint density at radius 3 is 2.22 bits per heavy atom. The smallest absolute Gasteiger partial charge is 0.000792 e. The average molecular weight is 253 g/mol. The van der Waals surface area contributed by atoms with Gasteiger partial charge >= 0.3 is 0 Å². The highest BCUT2D eigenvalue weighted by Gasteiger charge is 2.33. The van der Waals surface area contributed by atoms with Crippen LogP contribution in [0.25, 0.3) is 0 Å². The predicted molar refractivity (Wildman–Crippen MR) is 81.9 cm³/mol. The van der Waals surface area contributed by atoms with Gasteiger partial charge < -0.3 is 5.32 Å². The second-order valence-electron chi connectivity index (χ2n) is 7.12. The Kier molecular flexibility index (Phi) is 7.29. The fraction of sp³-hybridized carbons (Fsp3) is 1.00. The summed E-state index contributed by atoms with van der Waals surface area (Å²) in [5.41, 5.74) is 0.536. The molecule has 18 heavy (non-hydrogen) atoms. The lowest BCUT2D eigenvalue weighted by molar-refractivity contribution is 0.142. The topological polar surface area (TPSA) is 12.0 Å². The highest BCUT2D eigenvalue weighted by molar-refractivity contribution is 4.85. The molecule has 0 radical (unpaired) electrons. The van der Waals surface area contributed by atoms with Crippen LogP contribution in [-0.2, 0) is 0 Å². The van der Waals surface area contributed by atoms with Gasteiger partial charge in [0.15, 0.2) is 0 Å². The third kappa shape index (κ3) is 5.30. The van der Waals surface area contributed by atoms with Crippen LogP contribution < -0.4 is 5.32 Å². The van der Waals surface area contributed by atoms with Gasteiger partial charge in [-0.1, -0.05) is 59.8 Å². The van der Waals surface area contributed by atoms with Crippen molar-refractivity contribution in [3.8, 4) is 0 Å². The fourth-order valence-electron chi connectivity index (χ4n) is 3.63. The van der Waals surface area contributed by atoms with Crippen molar-refractivity contribution in [2.24, 2.45) is 17.3 Å². The third-order valence-electron chi connectivity index (χ3n) is 4.74. The summed E-state index contributed by atoms with van der Waals surface area (Å²) >= 11 is 0. The van der Waals surface area contributed by atoms with Crippen LogP contribution in [0.4, 0.5) is 0 Å². The van der Waals surface area contributed by atoms with Crippen molar-refractivity contribution >= 4 is 0 Å². The molecule has 0 aromatic rings. The van der Waals surface area contributed by atoms with Gasteiger partial charge in [0.2, 0.25) is 0 Å². The van der Waals surface area contributed by atoms with Gasteiger partial charge in [-0.15, -0.1) is 0 Å². The van der Waals surface area contributed by atoms with E-state index in [1.54, 1.807) is 0 Å². The maximum absolute atomic E-state index is 3.73. The summed E-state index contributed by atoms with van der Waals surface area (Å²) in [7, 11) is 0. The van der Waals surface area contributed by atoms with E-state index < -0.39 is 0 Å². The van der Waals surface area contributed by atoms with Crippen LogP contribution in [0.15, 0.2) is 0 Å².